The van der Waals surface area contributed by atoms with Crippen molar-refractivity contribution in [3.63, 3.8) is 0 Å². The predicted molar refractivity (Wildman–Crippen MR) is 100 cm³/mol. The van der Waals surface area contributed by atoms with E-state index in [4.69, 9.17) is 9.73 Å². The number of carbonyl (C=O) groups is 2. The van der Waals surface area contributed by atoms with Crippen molar-refractivity contribution in [2.75, 3.05) is 46.9 Å². The van der Waals surface area contributed by atoms with Gasteiger partial charge in [-0.2, -0.15) is 0 Å². The zero-order chi connectivity index (χ0) is 19.0. The Morgan fingerprint density at radius 2 is 1.81 bits per heavy atom. The molecule has 144 valence electrons. The van der Waals surface area contributed by atoms with E-state index in [2.05, 4.69) is 21.9 Å². The molecular weight excluding hydrogens is 346 g/mol. The Balaban J connectivity index is 1.62. The first-order chi connectivity index (χ1) is 13.1. The quantitative estimate of drug-likeness (QED) is 0.772. The molecule has 0 N–H and O–H groups in total. The van der Waals surface area contributed by atoms with Crippen LogP contribution in [0.3, 0.4) is 0 Å². The number of imide groups is 1. The molecule has 0 radical (unpaired) electrons. The second-order valence-corrected chi connectivity index (χ2v) is 7.11. The molecule has 3 aliphatic rings. The summed E-state index contributed by atoms with van der Waals surface area (Å²) in [7, 11) is 3.25. The third-order valence-corrected chi connectivity index (χ3v) is 5.47. The van der Waals surface area contributed by atoms with Crippen LogP contribution in [0.2, 0.25) is 0 Å². The van der Waals surface area contributed by atoms with Crippen LogP contribution in [0, 0.1) is 0 Å². The first kappa shape index (κ1) is 17.8. The fourth-order valence-electron chi connectivity index (χ4n) is 3.91. The van der Waals surface area contributed by atoms with Gasteiger partial charge in [-0.25, -0.2) is 9.79 Å². The van der Waals surface area contributed by atoms with Crippen molar-refractivity contribution in [3.05, 3.63) is 35.9 Å². The summed E-state index contributed by atoms with van der Waals surface area (Å²) in [5.41, 5.74) is 1.21. The van der Waals surface area contributed by atoms with E-state index in [1.807, 2.05) is 18.2 Å². The fourth-order valence-corrected chi connectivity index (χ4v) is 3.91. The van der Waals surface area contributed by atoms with Gasteiger partial charge in [0.25, 0.3) is 5.91 Å². The van der Waals surface area contributed by atoms with Crippen molar-refractivity contribution in [2.45, 2.75) is 18.6 Å². The van der Waals surface area contributed by atoms with Crippen LogP contribution in [0.1, 0.15) is 5.56 Å². The summed E-state index contributed by atoms with van der Waals surface area (Å²) >= 11 is 0. The zero-order valence-electron chi connectivity index (χ0n) is 15.7. The van der Waals surface area contributed by atoms with Gasteiger partial charge in [-0.1, -0.05) is 30.3 Å². The summed E-state index contributed by atoms with van der Waals surface area (Å²) in [4.78, 5) is 37.1. The van der Waals surface area contributed by atoms with Gasteiger partial charge in [0.05, 0.1) is 13.2 Å². The number of urea groups is 1. The van der Waals surface area contributed by atoms with Gasteiger partial charge < -0.3 is 19.4 Å². The van der Waals surface area contributed by atoms with Crippen molar-refractivity contribution in [1.29, 1.82) is 0 Å². The SMILES string of the molecule is CN1C(=O)C2C(N=C(N3CCOCC3)N2CCc2ccccc2)N(C)C1=O. The first-order valence-electron chi connectivity index (χ1n) is 9.33. The van der Waals surface area contributed by atoms with E-state index in [1.165, 1.54) is 10.5 Å². The molecule has 1 aromatic carbocycles. The molecule has 1 aromatic rings. The number of hydrogen-bond donors (Lipinski definition) is 0. The number of amides is 3. The Kier molecular flexibility index (Phi) is 4.73. The molecular formula is C19H25N5O3. The average molecular weight is 371 g/mol. The molecule has 8 heteroatoms. The third-order valence-electron chi connectivity index (χ3n) is 5.47. The van der Waals surface area contributed by atoms with Crippen LogP contribution in [0.4, 0.5) is 4.79 Å². The number of ether oxygens (including phenoxy) is 1. The summed E-state index contributed by atoms with van der Waals surface area (Å²) < 4.78 is 5.46. The predicted octanol–water partition coefficient (Wildman–Crippen LogP) is 0.451. The van der Waals surface area contributed by atoms with Crippen LogP contribution in [-0.4, -0.2) is 96.6 Å². The van der Waals surface area contributed by atoms with Gasteiger partial charge >= 0.3 is 6.03 Å². The van der Waals surface area contributed by atoms with E-state index < -0.39 is 12.2 Å². The number of likely N-dealkylation sites (N-methyl/N-ethyl adjacent to an activating group) is 2. The molecule has 2 saturated heterocycles. The summed E-state index contributed by atoms with van der Waals surface area (Å²) in [6.45, 7) is 3.43. The Bertz CT molecular complexity index is 747. The minimum atomic E-state index is -0.477. The van der Waals surface area contributed by atoms with Crippen molar-refractivity contribution < 1.29 is 14.3 Å². The minimum Gasteiger partial charge on any atom is -0.378 e. The number of guanidine groups is 1. The number of morpholine rings is 1. The highest BCUT2D eigenvalue weighted by Crippen LogP contribution is 2.28. The molecule has 2 unspecified atom stereocenters. The van der Waals surface area contributed by atoms with E-state index in [0.717, 1.165) is 25.5 Å². The summed E-state index contributed by atoms with van der Waals surface area (Å²) in [6.07, 6.45) is 0.331. The largest absolute Gasteiger partial charge is 0.378 e. The molecule has 0 bridgehead atoms. The van der Waals surface area contributed by atoms with Crippen molar-refractivity contribution >= 4 is 17.9 Å². The Hall–Kier alpha value is -2.61. The second kappa shape index (κ2) is 7.19. The molecule has 3 aliphatic heterocycles. The fraction of sp³-hybridized carbons (Fsp3) is 0.526. The number of fused-ring (bicyclic) bond motifs is 1. The first-order valence-corrected chi connectivity index (χ1v) is 9.33. The highest BCUT2D eigenvalue weighted by atomic mass is 16.5. The van der Waals surface area contributed by atoms with Gasteiger partial charge in [-0.05, 0) is 12.0 Å². The average Bonchev–Trinajstić information content (AvgIpc) is 3.10. The van der Waals surface area contributed by atoms with E-state index in [-0.39, 0.29) is 11.9 Å². The number of benzene rings is 1. The van der Waals surface area contributed by atoms with Crippen molar-refractivity contribution in [2.24, 2.45) is 4.99 Å². The molecule has 27 heavy (non-hydrogen) atoms. The highest BCUT2D eigenvalue weighted by Gasteiger charge is 2.51. The van der Waals surface area contributed by atoms with Crippen LogP contribution < -0.4 is 0 Å². The van der Waals surface area contributed by atoms with Gasteiger partial charge in [0.1, 0.15) is 0 Å². The number of aliphatic imine (C=N–C) groups is 1. The number of rotatable bonds is 3. The summed E-state index contributed by atoms with van der Waals surface area (Å²) in [5.74, 6) is 0.607. The van der Waals surface area contributed by atoms with Crippen molar-refractivity contribution in [3.8, 4) is 0 Å². The molecule has 2 atom stereocenters. The monoisotopic (exact) mass is 371 g/mol. The molecule has 0 spiro atoms. The number of carbonyl (C=O) groups excluding carboxylic acids is 2. The second-order valence-electron chi connectivity index (χ2n) is 7.11. The van der Waals surface area contributed by atoms with Crippen LogP contribution in [0.15, 0.2) is 35.3 Å². The lowest BCUT2D eigenvalue weighted by Crippen LogP contribution is -2.64. The van der Waals surface area contributed by atoms with E-state index >= 15 is 0 Å². The maximum absolute atomic E-state index is 12.9. The van der Waals surface area contributed by atoms with Crippen LogP contribution >= 0.6 is 0 Å². The minimum absolute atomic E-state index is 0.192. The van der Waals surface area contributed by atoms with Gasteiger partial charge in [0.2, 0.25) is 0 Å². The summed E-state index contributed by atoms with van der Waals surface area (Å²) in [6, 6.07) is 9.43. The van der Waals surface area contributed by atoms with E-state index in [9.17, 15) is 9.59 Å². The summed E-state index contributed by atoms with van der Waals surface area (Å²) in [5, 5.41) is 0. The van der Waals surface area contributed by atoms with Crippen LogP contribution in [0.5, 0.6) is 0 Å². The molecule has 0 aromatic heterocycles. The van der Waals surface area contributed by atoms with Gasteiger partial charge in [-0.15, -0.1) is 0 Å². The highest BCUT2D eigenvalue weighted by molar-refractivity contribution is 6.03. The maximum atomic E-state index is 12.9. The number of nitrogens with zero attached hydrogens (tertiary/aromatic N) is 5. The number of hydrogen-bond acceptors (Lipinski definition) is 6. The Morgan fingerprint density at radius 3 is 2.52 bits per heavy atom. The van der Waals surface area contributed by atoms with Crippen LogP contribution in [-0.2, 0) is 16.0 Å². The standard InChI is InChI=1S/C19H25N5O3/c1-21-16-15(17(25)22(2)19(21)26)24(9-8-14-6-4-3-5-7-14)18(20-16)23-10-12-27-13-11-23/h3-7,15-16H,8-13H2,1-2H3. The molecule has 8 nitrogen and oxygen atoms in total. The molecule has 3 amide bonds. The Labute approximate surface area is 159 Å². The Morgan fingerprint density at radius 1 is 1.11 bits per heavy atom. The van der Waals surface area contributed by atoms with Gasteiger partial charge in [0, 0.05) is 33.7 Å². The van der Waals surface area contributed by atoms with Crippen molar-refractivity contribution in [1.82, 2.24) is 19.6 Å². The normalized spacial score (nSPS) is 25.8. The smallest absolute Gasteiger partial charge is 0.328 e. The van der Waals surface area contributed by atoms with E-state index in [1.54, 1.807) is 19.0 Å². The molecule has 3 heterocycles. The zero-order valence-corrected chi connectivity index (χ0v) is 15.7. The lowest BCUT2D eigenvalue weighted by Gasteiger charge is -2.41. The van der Waals surface area contributed by atoms with E-state index in [0.29, 0.717) is 19.8 Å². The maximum Gasteiger partial charge on any atom is 0.328 e. The third kappa shape index (κ3) is 3.14. The lowest BCUT2D eigenvalue weighted by molar-refractivity contribution is -0.136. The van der Waals surface area contributed by atoms with Crippen LogP contribution in [0.25, 0.3) is 0 Å². The van der Waals surface area contributed by atoms with Gasteiger partial charge in [-0.3, -0.25) is 9.69 Å². The topological polar surface area (TPSA) is 68.7 Å². The molecule has 4 rings (SSSR count). The van der Waals surface area contributed by atoms with Gasteiger partial charge in [0.15, 0.2) is 18.2 Å². The molecule has 2 fully saturated rings. The lowest BCUT2D eigenvalue weighted by atomic mass is 10.1. The molecule has 0 aliphatic carbocycles. The molecule has 0 saturated carbocycles.